The van der Waals surface area contributed by atoms with Crippen molar-refractivity contribution in [3.05, 3.63) is 84.2 Å². The molecule has 0 aromatic heterocycles. The summed E-state index contributed by atoms with van der Waals surface area (Å²) in [5.74, 6) is 0.858. The Labute approximate surface area is 223 Å². The third-order valence-electron chi connectivity index (χ3n) is 7.69. The molecule has 2 aliphatic rings. The number of halogens is 1. The van der Waals surface area contributed by atoms with Crippen molar-refractivity contribution in [2.24, 2.45) is 5.92 Å². The van der Waals surface area contributed by atoms with Crippen LogP contribution in [0.5, 0.6) is 11.5 Å². The molecule has 1 N–H and O–H groups in total. The maximum absolute atomic E-state index is 14.4. The van der Waals surface area contributed by atoms with Crippen molar-refractivity contribution in [1.82, 2.24) is 0 Å². The summed E-state index contributed by atoms with van der Waals surface area (Å²) in [6.07, 6.45) is 3.61. The maximum Gasteiger partial charge on any atom is 0.305 e. The number of anilines is 2. The van der Waals surface area contributed by atoms with E-state index in [1.54, 1.807) is 19.2 Å². The van der Waals surface area contributed by atoms with E-state index in [-0.39, 0.29) is 24.4 Å². The molecule has 38 heavy (non-hydrogen) atoms. The molecule has 2 atom stereocenters. The lowest BCUT2D eigenvalue weighted by molar-refractivity contribution is -0.137. The fourth-order valence-electron chi connectivity index (χ4n) is 5.81. The van der Waals surface area contributed by atoms with Crippen molar-refractivity contribution in [1.29, 1.82) is 0 Å². The normalized spacial score (nSPS) is 19.9. The van der Waals surface area contributed by atoms with Gasteiger partial charge in [-0.3, -0.25) is 4.79 Å². The number of carboxylic acid groups (broad SMARTS) is 1. The quantitative estimate of drug-likeness (QED) is 0.387. The van der Waals surface area contributed by atoms with Gasteiger partial charge in [0.25, 0.3) is 0 Å². The molecule has 5 rings (SSSR count). The lowest BCUT2D eigenvalue weighted by atomic mass is 9.96. The van der Waals surface area contributed by atoms with Gasteiger partial charge in [0.15, 0.2) is 0 Å². The molecule has 200 valence electrons. The number of aliphatic carboxylic acids is 1. The number of benzene rings is 3. The number of hydrogen-bond donors (Lipinski definition) is 1. The van der Waals surface area contributed by atoms with Gasteiger partial charge >= 0.3 is 5.97 Å². The molecule has 0 aliphatic carbocycles. The van der Waals surface area contributed by atoms with Gasteiger partial charge in [0.1, 0.15) is 23.4 Å². The first kappa shape index (κ1) is 25.9. The van der Waals surface area contributed by atoms with Crippen LogP contribution in [-0.2, 0) is 11.2 Å². The minimum Gasteiger partial charge on any atom is -0.497 e. The summed E-state index contributed by atoms with van der Waals surface area (Å²) in [5.41, 5.74) is 2.89. The van der Waals surface area contributed by atoms with E-state index in [0.717, 1.165) is 43.7 Å². The Hall–Kier alpha value is -3.74. The molecule has 7 heteroatoms. The number of nitrogens with zero attached hydrogens (tertiary/aromatic N) is 2. The molecule has 2 aliphatic heterocycles. The zero-order chi connectivity index (χ0) is 26.5. The molecule has 2 fully saturated rings. The number of rotatable bonds is 9. The van der Waals surface area contributed by atoms with Crippen molar-refractivity contribution >= 4 is 17.3 Å². The topological polar surface area (TPSA) is 62.2 Å². The van der Waals surface area contributed by atoms with Crippen LogP contribution in [0.4, 0.5) is 15.8 Å². The molecular weight excluding hydrogens is 483 g/mol. The summed E-state index contributed by atoms with van der Waals surface area (Å²) in [5, 5.41) is 9.50. The highest BCUT2D eigenvalue weighted by atomic mass is 19.1. The Bertz CT molecular complexity index is 1210. The molecule has 2 heterocycles. The van der Waals surface area contributed by atoms with Gasteiger partial charge in [0, 0.05) is 50.3 Å². The van der Waals surface area contributed by atoms with Gasteiger partial charge in [0.05, 0.1) is 19.2 Å². The van der Waals surface area contributed by atoms with Gasteiger partial charge in [-0.25, -0.2) is 4.39 Å². The standard InChI is InChI=1S/C31H35FN2O4/c1-37-28-11-12-29(32)30(20-28)33-15-13-27(14-16-33)38-26-9-7-24(8-10-26)34-21-23(18-25(34)19-31(35)36)17-22-5-3-2-4-6-22/h2-12,20,23,25,27H,13-19,21H2,1H3,(H,35,36)/t23-,25+/m1/s1. The van der Waals surface area contributed by atoms with Gasteiger partial charge in [-0.2, -0.15) is 0 Å². The summed E-state index contributed by atoms with van der Waals surface area (Å²) >= 11 is 0. The lowest BCUT2D eigenvalue weighted by Crippen LogP contribution is -2.38. The zero-order valence-electron chi connectivity index (χ0n) is 21.8. The van der Waals surface area contributed by atoms with Crippen LogP contribution in [0.15, 0.2) is 72.8 Å². The van der Waals surface area contributed by atoms with Crippen LogP contribution in [0.2, 0.25) is 0 Å². The van der Waals surface area contributed by atoms with Crippen LogP contribution < -0.4 is 19.3 Å². The minimum absolute atomic E-state index is 0.0192. The van der Waals surface area contributed by atoms with Crippen LogP contribution in [0.3, 0.4) is 0 Å². The number of methoxy groups -OCH3 is 1. The van der Waals surface area contributed by atoms with E-state index in [1.165, 1.54) is 11.6 Å². The maximum atomic E-state index is 14.4. The van der Waals surface area contributed by atoms with Gasteiger partial charge in [-0.05, 0) is 60.7 Å². The summed E-state index contributed by atoms with van der Waals surface area (Å²) < 4.78 is 25.9. The largest absolute Gasteiger partial charge is 0.497 e. The Morgan fingerprint density at radius 1 is 1.00 bits per heavy atom. The van der Waals surface area contributed by atoms with E-state index in [0.29, 0.717) is 30.4 Å². The fourth-order valence-corrected chi connectivity index (χ4v) is 5.81. The summed E-state index contributed by atoms with van der Waals surface area (Å²) in [4.78, 5) is 15.8. The Kier molecular flexibility index (Phi) is 8.01. The average Bonchev–Trinajstić information content (AvgIpc) is 3.31. The SMILES string of the molecule is COc1ccc(F)c(N2CCC(Oc3ccc(N4C[C@H](Cc5ccccc5)C[C@H]4CC(=O)O)cc3)CC2)c1. The van der Waals surface area contributed by atoms with E-state index in [4.69, 9.17) is 9.47 Å². The number of hydrogen-bond acceptors (Lipinski definition) is 5. The number of carbonyl (C=O) groups is 1. The monoisotopic (exact) mass is 518 g/mol. The Morgan fingerprint density at radius 2 is 1.71 bits per heavy atom. The van der Waals surface area contributed by atoms with Crippen molar-refractivity contribution in [3.8, 4) is 11.5 Å². The first-order valence-corrected chi connectivity index (χ1v) is 13.4. The van der Waals surface area contributed by atoms with E-state index in [9.17, 15) is 14.3 Å². The van der Waals surface area contributed by atoms with Gasteiger partial charge in [0.2, 0.25) is 0 Å². The third-order valence-corrected chi connectivity index (χ3v) is 7.69. The highest BCUT2D eigenvalue weighted by Crippen LogP contribution is 2.34. The second-order valence-corrected chi connectivity index (χ2v) is 10.3. The van der Waals surface area contributed by atoms with Crippen molar-refractivity contribution < 1.29 is 23.8 Å². The van der Waals surface area contributed by atoms with Crippen LogP contribution in [0.25, 0.3) is 0 Å². The van der Waals surface area contributed by atoms with Gasteiger partial charge in [-0.15, -0.1) is 0 Å². The predicted octanol–water partition coefficient (Wildman–Crippen LogP) is 5.79. The molecule has 0 saturated carbocycles. The van der Waals surface area contributed by atoms with Crippen molar-refractivity contribution in [2.75, 3.05) is 36.5 Å². The lowest BCUT2D eigenvalue weighted by Gasteiger charge is -2.34. The van der Waals surface area contributed by atoms with Crippen LogP contribution >= 0.6 is 0 Å². The number of piperidine rings is 1. The number of carboxylic acids is 1. The molecule has 0 unspecified atom stereocenters. The summed E-state index contributed by atoms with van der Waals surface area (Å²) in [6, 6.07) is 23.2. The highest BCUT2D eigenvalue weighted by Gasteiger charge is 2.33. The molecular formula is C31H35FN2O4. The molecule has 0 bridgehead atoms. The Morgan fingerprint density at radius 3 is 2.39 bits per heavy atom. The van der Waals surface area contributed by atoms with E-state index in [2.05, 4.69) is 29.2 Å². The van der Waals surface area contributed by atoms with Crippen LogP contribution in [0, 0.1) is 11.7 Å². The van der Waals surface area contributed by atoms with E-state index < -0.39 is 5.97 Å². The molecule has 6 nitrogen and oxygen atoms in total. The first-order valence-electron chi connectivity index (χ1n) is 13.4. The molecule has 3 aromatic rings. The van der Waals surface area contributed by atoms with Crippen molar-refractivity contribution in [3.63, 3.8) is 0 Å². The van der Waals surface area contributed by atoms with Crippen LogP contribution in [-0.4, -0.2) is 50.0 Å². The molecule has 0 amide bonds. The van der Waals surface area contributed by atoms with E-state index >= 15 is 0 Å². The summed E-state index contributed by atoms with van der Waals surface area (Å²) in [7, 11) is 1.58. The van der Waals surface area contributed by atoms with Crippen LogP contribution in [0.1, 0.15) is 31.2 Å². The third kappa shape index (κ3) is 6.21. The van der Waals surface area contributed by atoms with Gasteiger partial charge < -0.3 is 24.4 Å². The Balaban J connectivity index is 1.18. The van der Waals surface area contributed by atoms with E-state index in [1.807, 2.05) is 35.2 Å². The molecule has 0 spiro atoms. The summed E-state index contributed by atoms with van der Waals surface area (Å²) in [6.45, 7) is 2.26. The van der Waals surface area contributed by atoms with Crippen molar-refractivity contribution in [2.45, 2.75) is 44.2 Å². The second-order valence-electron chi connectivity index (χ2n) is 10.3. The fraction of sp³-hybridized carbons (Fsp3) is 0.387. The zero-order valence-corrected chi connectivity index (χ0v) is 21.8. The molecule has 0 radical (unpaired) electrons. The van der Waals surface area contributed by atoms with Gasteiger partial charge in [-0.1, -0.05) is 30.3 Å². The molecule has 2 saturated heterocycles. The predicted molar refractivity (Wildman–Crippen MR) is 147 cm³/mol. The molecule has 3 aromatic carbocycles. The average molecular weight is 519 g/mol. The minimum atomic E-state index is -0.763. The smallest absolute Gasteiger partial charge is 0.305 e. The number of ether oxygens (including phenoxy) is 2. The first-order chi connectivity index (χ1) is 18.5. The highest BCUT2D eigenvalue weighted by molar-refractivity contribution is 5.69. The second kappa shape index (κ2) is 11.8.